The van der Waals surface area contributed by atoms with Crippen LogP contribution in [-0.4, -0.2) is 31.4 Å². The Balaban J connectivity index is 1.45. The van der Waals surface area contributed by atoms with Crippen LogP contribution in [0.2, 0.25) is 0 Å². The second kappa shape index (κ2) is 8.42. The molecule has 6 nitrogen and oxygen atoms in total. The van der Waals surface area contributed by atoms with Gasteiger partial charge in [-0.1, -0.05) is 31.0 Å². The summed E-state index contributed by atoms with van der Waals surface area (Å²) < 4.78 is 16.0. The van der Waals surface area contributed by atoms with Crippen LogP contribution >= 0.6 is 0 Å². The minimum atomic E-state index is -0.0274. The van der Waals surface area contributed by atoms with Gasteiger partial charge in [0.2, 0.25) is 6.79 Å². The lowest BCUT2D eigenvalue weighted by molar-refractivity contribution is 0.173. The standard InChI is InChI=1S/C22H26N2O4/c1-26-18-9-7-17(8-10-18)19-5-3-2-4-12-24(19)22(25)23-14-16-6-11-20-21(13-16)28-15-27-20/h6-11,13,19H,2-5,12,14-15H2,1H3,(H,23,25)/t19-/m1/s1. The number of likely N-dealkylation sites (tertiary alicyclic amines) is 1. The average Bonchev–Trinajstić information content (AvgIpc) is 3.06. The monoisotopic (exact) mass is 382 g/mol. The summed E-state index contributed by atoms with van der Waals surface area (Å²) in [4.78, 5) is 15.0. The van der Waals surface area contributed by atoms with Gasteiger partial charge >= 0.3 is 6.03 Å². The van der Waals surface area contributed by atoms with Crippen LogP contribution in [0.5, 0.6) is 17.2 Å². The topological polar surface area (TPSA) is 60.0 Å². The molecule has 0 spiro atoms. The first-order valence-corrected chi connectivity index (χ1v) is 9.81. The van der Waals surface area contributed by atoms with E-state index in [4.69, 9.17) is 14.2 Å². The molecule has 28 heavy (non-hydrogen) atoms. The zero-order valence-electron chi connectivity index (χ0n) is 16.1. The predicted octanol–water partition coefficient (Wildman–Crippen LogP) is 4.25. The Bertz CT molecular complexity index is 822. The molecule has 1 saturated heterocycles. The third kappa shape index (κ3) is 4.01. The molecular weight excluding hydrogens is 356 g/mol. The van der Waals surface area contributed by atoms with E-state index in [2.05, 4.69) is 17.4 Å². The van der Waals surface area contributed by atoms with Gasteiger partial charge in [-0.05, 0) is 48.2 Å². The van der Waals surface area contributed by atoms with E-state index in [0.717, 1.165) is 60.6 Å². The largest absolute Gasteiger partial charge is 0.497 e. The fraction of sp³-hybridized carbons (Fsp3) is 0.409. The van der Waals surface area contributed by atoms with Gasteiger partial charge in [-0.25, -0.2) is 4.79 Å². The first kappa shape index (κ1) is 18.5. The fourth-order valence-electron chi connectivity index (χ4n) is 3.85. The van der Waals surface area contributed by atoms with Crippen LogP contribution in [0.25, 0.3) is 0 Å². The molecular formula is C22H26N2O4. The van der Waals surface area contributed by atoms with Gasteiger partial charge in [-0.15, -0.1) is 0 Å². The van der Waals surface area contributed by atoms with Crippen molar-refractivity contribution in [3.05, 3.63) is 53.6 Å². The highest BCUT2D eigenvalue weighted by Gasteiger charge is 2.26. The van der Waals surface area contributed by atoms with Crippen LogP contribution in [0.1, 0.15) is 42.9 Å². The quantitative estimate of drug-likeness (QED) is 0.859. The van der Waals surface area contributed by atoms with Gasteiger partial charge in [0.1, 0.15) is 5.75 Å². The SMILES string of the molecule is COc1ccc([C@H]2CCCCCN2C(=O)NCc2ccc3c(c2)OCO3)cc1. The van der Waals surface area contributed by atoms with Crippen LogP contribution < -0.4 is 19.5 Å². The van der Waals surface area contributed by atoms with Crippen LogP contribution in [0.4, 0.5) is 4.79 Å². The van der Waals surface area contributed by atoms with Crippen molar-refractivity contribution in [3.8, 4) is 17.2 Å². The molecule has 148 valence electrons. The molecule has 4 rings (SSSR count). The number of ether oxygens (including phenoxy) is 3. The summed E-state index contributed by atoms with van der Waals surface area (Å²) >= 11 is 0. The number of methoxy groups -OCH3 is 1. The maximum atomic E-state index is 13.0. The maximum absolute atomic E-state index is 13.0. The van der Waals surface area contributed by atoms with E-state index in [0.29, 0.717) is 6.54 Å². The summed E-state index contributed by atoms with van der Waals surface area (Å²) in [5.41, 5.74) is 2.15. The number of urea groups is 1. The van der Waals surface area contributed by atoms with Crippen LogP contribution in [-0.2, 0) is 6.54 Å². The summed E-state index contributed by atoms with van der Waals surface area (Å²) in [5, 5.41) is 3.08. The molecule has 2 aromatic carbocycles. The minimum absolute atomic E-state index is 0.0274. The van der Waals surface area contributed by atoms with Gasteiger partial charge in [-0.3, -0.25) is 0 Å². The number of benzene rings is 2. The molecule has 1 atom stereocenters. The second-order valence-electron chi connectivity index (χ2n) is 7.18. The van der Waals surface area contributed by atoms with Gasteiger partial charge in [0.25, 0.3) is 0 Å². The highest BCUT2D eigenvalue weighted by Crippen LogP contribution is 2.33. The van der Waals surface area contributed by atoms with Crippen molar-refractivity contribution in [2.24, 2.45) is 0 Å². The zero-order valence-corrected chi connectivity index (χ0v) is 16.1. The van der Waals surface area contributed by atoms with E-state index in [1.165, 1.54) is 0 Å². The summed E-state index contributed by atoms with van der Waals surface area (Å²) in [5.74, 6) is 2.32. The number of nitrogens with zero attached hydrogens (tertiary/aromatic N) is 1. The van der Waals surface area contributed by atoms with Crippen molar-refractivity contribution in [2.45, 2.75) is 38.3 Å². The van der Waals surface area contributed by atoms with Gasteiger partial charge in [0.05, 0.1) is 13.2 Å². The number of hydrogen-bond donors (Lipinski definition) is 1. The molecule has 2 amide bonds. The molecule has 2 aliphatic rings. The van der Waals surface area contributed by atoms with Crippen molar-refractivity contribution < 1.29 is 19.0 Å². The molecule has 0 aliphatic carbocycles. The number of amides is 2. The fourth-order valence-corrected chi connectivity index (χ4v) is 3.85. The van der Waals surface area contributed by atoms with Gasteiger partial charge in [-0.2, -0.15) is 0 Å². The Kier molecular flexibility index (Phi) is 5.55. The maximum Gasteiger partial charge on any atom is 0.318 e. The lowest BCUT2D eigenvalue weighted by Crippen LogP contribution is -2.41. The van der Waals surface area contributed by atoms with E-state index in [1.54, 1.807) is 7.11 Å². The van der Waals surface area contributed by atoms with Crippen molar-refractivity contribution in [2.75, 3.05) is 20.4 Å². The number of nitrogens with one attached hydrogen (secondary N) is 1. The van der Waals surface area contributed by atoms with E-state index in [-0.39, 0.29) is 18.9 Å². The van der Waals surface area contributed by atoms with Gasteiger partial charge < -0.3 is 24.4 Å². The third-order valence-electron chi connectivity index (χ3n) is 5.39. The number of carbonyl (C=O) groups is 1. The van der Waals surface area contributed by atoms with Crippen molar-refractivity contribution in [1.82, 2.24) is 10.2 Å². The Morgan fingerprint density at radius 1 is 1.11 bits per heavy atom. The first-order valence-electron chi connectivity index (χ1n) is 9.81. The van der Waals surface area contributed by atoms with E-state index < -0.39 is 0 Å². The number of rotatable bonds is 4. The van der Waals surface area contributed by atoms with Gasteiger partial charge in [0, 0.05) is 13.1 Å². The Hall–Kier alpha value is -2.89. The van der Waals surface area contributed by atoms with E-state index in [1.807, 2.05) is 35.2 Å². The second-order valence-corrected chi connectivity index (χ2v) is 7.18. The lowest BCUT2D eigenvalue weighted by Gasteiger charge is -2.30. The van der Waals surface area contributed by atoms with Crippen LogP contribution in [0, 0.1) is 0 Å². The Morgan fingerprint density at radius 2 is 1.93 bits per heavy atom. The summed E-state index contributed by atoms with van der Waals surface area (Å²) in [6, 6.07) is 13.9. The molecule has 0 radical (unpaired) electrons. The number of carbonyl (C=O) groups excluding carboxylic acids is 1. The smallest absolute Gasteiger partial charge is 0.318 e. The molecule has 1 N–H and O–H groups in total. The molecule has 0 unspecified atom stereocenters. The highest BCUT2D eigenvalue weighted by atomic mass is 16.7. The molecule has 6 heteroatoms. The summed E-state index contributed by atoms with van der Waals surface area (Å²) in [6.45, 7) is 1.48. The summed E-state index contributed by atoms with van der Waals surface area (Å²) in [6.07, 6.45) is 4.29. The predicted molar refractivity (Wildman–Crippen MR) is 106 cm³/mol. The third-order valence-corrected chi connectivity index (χ3v) is 5.39. The zero-order chi connectivity index (χ0) is 19.3. The molecule has 1 fully saturated rings. The highest BCUT2D eigenvalue weighted by molar-refractivity contribution is 5.75. The molecule has 0 aromatic heterocycles. The molecule has 2 heterocycles. The van der Waals surface area contributed by atoms with Gasteiger partial charge in [0.15, 0.2) is 11.5 Å². The van der Waals surface area contributed by atoms with Crippen molar-refractivity contribution in [3.63, 3.8) is 0 Å². The lowest BCUT2D eigenvalue weighted by atomic mass is 10.0. The number of hydrogen-bond acceptors (Lipinski definition) is 4. The normalized spacial score (nSPS) is 18.5. The van der Waals surface area contributed by atoms with Crippen LogP contribution in [0.3, 0.4) is 0 Å². The first-order chi connectivity index (χ1) is 13.7. The van der Waals surface area contributed by atoms with E-state index >= 15 is 0 Å². The Labute approximate surface area is 165 Å². The molecule has 0 saturated carbocycles. The molecule has 2 aromatic rings. The Morgan fingerprint density at radius 3 is 2.75 bits per heavy atom. The summed E-state index contributed by atoms with van der Waals surface area (Å²) in [7, 11) is 1.66. The van der Waals surface area contributed by atoms with E-state index in [9.17, 15) is 4.79 Å². The van der Waals surface area contributed by atoms with Crippen molar-refractivity contribution >= 4 is 6.03 Å². The number of fused-ring (bicyclic) bond motifs is 1. The molecule has 0 bridgehead atoms. The minimum Gasteiger partial charge on any atom is -0.497 e. The average molecular weight is 382 g/mol. The molecule has 2 aliphatic heterocycles. The van der Waals surface area contributed by atoms with Crippen LogP contribution in [0.15, 0.2) is 42.5 Å². The van der Waals surface area contributed by atoms with Crippen molar-refractivity contribution in [1.29, 1.82) is 0 Å².